The minimum Gasteiger partial charge on any atom is -0.465 e. The smallest absolute Gasteiger partial charge is 0.197 e. The van der Waals surface area contributed by atoms with E-state index in [1.54, 1.807) is 0 Å². The molecule has 1 aromatic carbocycles. The van der Waals surface area contributed by atoms with Gasteiger partial charge in [-0.25, -0.2) is 0 Å². The molecule has 4 nitrogen and oxygen atoms in total. The van der Waals surface area contributed by atoms with Gasteiger partial charge in [-0.3, -0.25) is 0 Å². The van der Waals surface area contributed by atoms with Crippen molar-refractivity contribution in [2.45, 2.75) is 103 Å². The first-order chi connectivity index (χ1) is 13.5. The zero-order valence-electron chi connectivity index (χ0n) is 16.9. The van der Waals surface area contributed by atoms with Crippen LogP contribution in [0.1, 0.15) is 78.1 Å². The van der Waals surface area contributed by atoms with Crippen LogP contribution in [0, 0.1) is 7.14 Å². The maximum atomic E-state index is 6.14. The molecule has 2 atom stereocenters. The van der Waals surface area contributed by atoms with Crippen molar-refractivity contribution in [2.75, 3.05) is 0 Å². The van der Waals surface area contributed by atoms with E-state index in [1.807, 2.05) is 26.0 Å². The van der Waals surface area contributed by atoms with Gasteiger partial charge in [-0.1, -0.05) is 38.5 Å². The molecule has 2 fully saturated rings. The molecular weight excluding hydrogens is 582 g/mol. The normalized spacial score (nSPS) is 21.3. The molecule has 2 aliphatic carbocycles. The SMILES string of the molecule is CC(Oc1cc(I)c(OC(C)OC2CCCCC2)c(I)c1)OC1CCCCC1. The van der Waals surface area contributed by atoms with Gasteiger partial charge >= 0.3 is 0 Å². The molecule has 6 heteroatoms. The summed E-state index contributed by atoms with van der Waals surface area (Å²) in [5.41, 5.74) is 0. The maximum absolute atomic E-state index is 6.14. The fourth-order valence-electron chi connectivity index (χ4n) is 4.07. The van der Waals surface area contributed by atoms with Crippen molar-refractivity contribution < 1.29 is 18.9 Å². The highest BCUT2D eigenvalue weighted by Gasteiger charge is 2.21. The molecule has 3 rings (SSSR count). The molecule has 2 unspecified atom stereocenters. The second kappa shape index (κ2) is 11.6. The van der Waals surface area contributed by atoms with Gasteiger partial charge in [0.25, 0.3) is 0 Å². The summed E-state index contributed by atoms with van der Waals surface area (Å²) in [5.74, 6) is 1.70. The summed E-state index contributed by atoms with van der Waals surface area (Å²) in [6.45, 7) is 3.98. The zero-order chi connectivity index (χ0) is 19.9. The standard InChI is InChI=1S/C22H32I2O4/c1-15(25-17-9-5-3-6-10-17)27-19-13-20(23)22(21(24)14-19)28-16(2)26-18-11-7-4-8-12-18/h13-18H,3-12H2,1-2H3. The number of benzene rings is 1. The first-order valence-electron chi connectivity index (χ1n) is 10.6. The average molecular weight is 614 g/mol. The zero-order valence-corrected chi connectivity index (χ0v) is 21.2. The Labute approximate surface area is 196 Å². The van der Waals surface area contributed by atoms with Gasteiger partial charge in [-0.2, -0.15) is 0 Å². The average Bonchev–Trinajstić information content (AvgIpc) is 2.66. The first-order valence-corrected chi connectivity index (χ1v) is 12.8. The number of rotatable bonds is 8. The van der Waals surface area contributed by atoms with Crippen LogP contribution in [0.2, 0.25) is 0 Å². The van der Waals surface area contributed by atoms with Crippen molar-refractivity contribution in [2.24, 2.45) is 0 Å². The van der Waals surface area contributed by atoms with Crippen molar-refractivity contribution in [3.63, 3.8) is 0 Å². The summed E-state index contributed by atoms with van der Waals surface area (Å²) in [6, 6.07) is 4.04. The molecule has 1 aromatic rings. The van der Waals surface area contributed by atoms with Crippen LogP contribution in [0.3, 0.4) is 0 Å². The van der Waals surface area contributed by atoms with Crippen LogP contribution in [0.25, 0.3) is 0 Å². The Kier molecular flexibility index (Phi) is 9.44. The lowest BCUT2D eigenvalue weighted by Crippen LogP contribution is -2.27. The molecule has 158 valence electrons. The number of halogens is 2. The van der Waals surface area contributed by atoms with E-state index in [9.17, 15) is 0 Å². The monoisotopic (exact) mass is 614 g/mol. The summed E-state index contributed by atoms with van der Waals surface area (Å²) in [5, 5.41) is 0. The Bertz CT molecular complexity index is 590. The molecule has 0 saturated heterocycles. The predicted octanol–water partition coefficient (Wildman–Crippen LogP) is 7.04. The molecule has 0 N–H and O–H groups in total. The molecule has 2 aliphatic rings. The van der Waals surface area contributed by atoms with Gasteiger partial charge in [0.15, 0.2) is 12.6 Å². The van der Waals surface area contributed by atoms with Crippen molar-refractivity contribution in [3.8, 4) is 11.5 Å². The number of hydrogen-bond acceptors (Lipinski definition) is 4. The van der Waals surface area contributed by atoms with E-state index in [0.717, 1.165) is 44.3 Å². The van der Waals surface area contributed by atoms with Crippen molar-refractivity contribution in [3.05, 3.63) is 19.3 Å². The lowest BCUT2D eigenvalue weighted by molar-refractivity contribution is -0.119. The lowest BCUT2D eigenvalue weighted by Gasteiger charge is -2.27. The third kappa shape index (κ3) is 7.16. The second-order valence-corrected chi connectivity index (χ2v) is 10.2. The van der Waals surface area contributed by atoms with Gasteiger partial charge in [0.2, 0.25) is 0 Å². The Morgan fingerprint density at radius 3 is 1.61 bits per heavy atom. The van der Waals surface area contributed by atoms with Crippen LogP contribution in [0.5, 0.6) is 11.5 Å². The van der Waals surface area contributed by atoms with Crippen LogP contribution in [-0.2, 0) is 9.47 Å². The van der Waals surface area contributed by atoms with Crippen LogP contribution < -0.4 is 9.47 Å². The lowest BCUT2D eigenvalue weighted by atomic mass is 9.98. The molecule has 2 saturated carbocycles. The van der Waals surface area contributed by atoms with Crippen LogP contribution >= 0.6 is 45.2 Å². The maximum Gasteiger partial charge on any atom is 0.197 e. The predicted molar refractivity (Wildman–Crippen MR) is 128 cm³/mol. The number of hydrogen-bond donors (Lipinski definition) is 0. The Morgan fingerprint density at radius 2 is 1.14 bits per heavy atom. The van der Waals surface area contributed by atoms with Gasteiger partial charge in [0, 0.05) is 0 Å². The molecular formula is C22H32I2O4. The van der Waals surface area contributed by atoms with Gasteiger partial charge in [-0.05, 0) is 96.8 Å². The number of ether oxygens (including phenoxy) is 4. The molecule has 0 heterocycles. The van der Waals surface area contributed by atoms with E-state index < -0.39 is 0 Å². The van der Waals surface area contributed by atoms with E-state index in [0.29, 0.717) is 12.2 Å². The fraction of sp³-hybridized carbons (Fsp3) is 0.727. The molecule has 0 spiro atoms. The van der Waals surface area contributed by atoms with E-state index in [4.69, 9.17) is 18.9 Å². The fourth-order valence-corrected chi connectivity index (χ4v) is 6.04. The van der Waals surface area contributed by atoms with E-state index in [1.165, 1.54) is 38.5 Å². The van der Waals surface area contributed by atoms with E-state index in [-0.39, 0.29) is 12.6 Å². The molecule has 0 radical (unpaired) electrons. The third-order valence-corrected chi connectivity index (χ3v) is 7.03. The van der Waals surface area contributed by atoms with Crippen LogP contribution in [0.4, 0.5) is 0 Å². The molecule has 0 aromatic heterocycles. The molecule has 0 aliphatic heterocycles. The van der Waals surface area contributed by atoms with Crippen molar-refractivity contribution in [1.82, 2.24) is 0 Å². The second-order valence-electron chi connectivity index (χ2n) is 7.88. The first kappa shape index (κ1) is 22.9. The highest BCUT2D eigenvalue weighted by atomic mass is 127. The molecule has 28 heavy (non-hydrogen) atoms. The summed E-state index contributed by atoms with van der Waals surface area (Å²) >= 11 is 4.62. The Morgan fingerprint density at radius 1 is 0.714 bits per heavy atom. The van der Waals surface area contributed by atoms with Crippen LogP contribution in [-0.4, -0.2) is 24.8 Å². The minimum atomic E-state index is -0.245. The summed E-state index contributed by atoms with van der Waals surface area (Å²) in [6.07, 6.45) is 12.5. The summed E-state index contributed by atoms with van der Waals surface area (Å²) in [4.78, 5) is 0. The van der Waals surface area contributed by atoms with E-state index >= 15 is 0 Å². The Balaban J connectivity index is 1.54. The van der Waals surface area contributed by atoms with E-state index in [2.05, 4.69) is 45.2 Å². The van der Waals surface area contributed by atoms with Crippen molar-refractivity contribution in [1.29, 1.82) is 0 Å². The summed E-state index contributed by atoms with van der Waals surface area (Å²) < 4.78 is 26.4. The Hall–Kier alpha value is 0.200. The largest absolute Gasteiger partial charge is 0.465 e. The van der Waals surface area contributed by atoms with Gasteiger partial charge < -0.3 is 18.9 Å². The molecule has 0 amide bonds. The topological polar surface area (TPSA) is 36.9 Å². The minimum absolute atomic E-state index is 0.241. The highest BCUT2D eigenvalue weighted by Crippen LogP contribution is 2.34. The quantitative estimate of drug-likeness (QED) is 0.233. The van der Waals surface area contributed by atoms with Crippen LogP contribution in [0.15, 0.2) is 12.1 Å². The van der Waals surface area contributed by atoms with Gasteiger partial charge in [-0.15, -0.1) is 0 Å². The molecule has 0 bridgehead atoms. The van der Waals surface area contributed by atoms with Crippen molar-refractivity contribution >= 4 is 45.2 Å². The summed E-state index contributed by atoms with van der Waals surface area (Å²) in [7, 11) is 0. The third-order valence-electron chi connectivity index (χ3n) is 5.43. The highest BCUT2D eigenvalue weighted by molar-refractivity contribution is 14.1. The van der Waals surface area contributed by atoms with Gasteiger partial charge in [0.1, 0.15) is 11.5 Å². The van der Waals surface area contributed by atoms with Gasteiger partial charge in [0.05, 0.1) is 19.3 Å².